The molecule has 0 bridgehead atoms. The van der Waals surface area contributed by atoms with Gasteiger partial charge in [-0.25, -0.2) is 0 Å². The van der Waals surface area contributed by atoms with Gasteiger partial charge in [0.1, 0.15) is 5.75 Å². The molecule has 1 aliphatic heterocycles. The van der Waals surface area contributed by atoms with Crippen molar-refractivity contribution in [2.45, 2.75) is 25.5 Å². The standard InChI is InChI=1S/C12H15F2NO2/c13-12(14)17-11-5-1-3-9(7-11)15-10-4-2-6-16-8-10/h1,3,5,7,10,12,15H,2,4,6,8H2. The van der Waals surface area contributed by atoms with Crippen LogP contribution in [0.15, 0.2) is 24.3 Å². The Morgan fingerprint density at radius 2 is 2.29 bits per heavy atom. The van der Waals surface area contributed by atoms with E-state index in [2.05, 4.69) is 10.1 Å². The highest BCUT2D eigenvalue weighted by Crippen LogP contribution is 2.21. The van der Waals surface area contributed by atoms with Gasteiger partial charge in [0.15, 0.2) is 0 Å². The van der Waals surface area contributed by atoms with Gasteiger partial charge in [-0.15, -0.1) is 0 Å². The van der Waals surface area contributed by atoms with E-state index in [9.17, 15) is 8.78 Å². The molecule has 0 spiro atoms. The number of anilines is 1. The van der Waals surface area contributed by atoms with E-state index in [1.54, 1.807) is 12.1 Å². The molecule has 3 nitrogen and oxygen atoms in total. The molecule has 0 amide bonds. The average molecular weight is 243 g/mol. The SMILES string of the molecule is FC(F)Oc1cccc(NC2CCCOC2)c1. The van der Waals surface area contributed by atoms with Crippen molar-refractivity contribution < 1.29 is 18.3 Å². The first-order valence-corrected chi connectivity index (χ1v) is 5.63. The first-order valence-electron chi connectivity index (χ1n) is 5.63. The van der Waals surface area contributed by atoms with Gasteiger partial charge in [0.05, 0.1) is 6.61 Å². The van der Waals surface area contributed by atoms with Gasteiger partial charge in [0.2, 0.25) is 0 Å². The number of benzene rings is 1. The molecule has 1 aromatic rings. The predicted molar refractivity (Wildman–Crippen MR) is 60.5 cm³/mol. The molecule has 1 heterocycles. The van der Waals surface area contributed by atoms with E-state index in [0.29, 0.717) is 6.61 Å². The molecule has 1 atom stereocenters. The summed E-state index contributed by atoms with van der Waals surface area (Å²) in [4.78, 5) is 0. The highest BCUT2D eigenvalue weighted by atomic mass is 19.3. The second-order valence-corrected chi connectivity index (χ2v) is 3.96. The van der Waals surface area contributed by atoms with Gasteiger partial charge in [-0.3, -0.25) is 0 Å². The van der Waals surface area contributed by atoms with Crippen molar-refractivity contribution in [2.75, 3.05) is 18.5 Å². The number of hydrogen-bond donors (Lipinski definition) is 1. The van der Waals surface area contributed by atoms with Crippen LogP contribution in [0.3, 0.4) is 0 Å². The van der Waals surface area contributed by atoms with Crippen LogP contribution in [0.25, 0.3) is 0 Å². The molecule has 0 aromatic heterocycles. The molecule has 1 N–H and O–H groups in total. The maximum absolute atomic E-state index is 12.0. The third kappa shape index (κ3) is 3.85. The summed E-state index contributed by atoms with van der Waals surface area (Å²) in [5.41, 5.74) is 0.777. The third-order valence-electron chi connectivity index (χ3n) is 2.59. The molecule has 94 valence electrons. The number of halogens is 2. The van der Waals surface area contributed by atoms with E-state index in [0.717, 1.165) is 25.1 Å². The number of hydrogen-bond acceptors (Lipinski definition) is 3. The van der Waals surface area contributed by atoms with Crippen molar-refractivity contribution in [1.82, 2.24) is 0 Å². The van der Waals surface area contributed by atoms with E-state index in [1.165, 1.54) is 6.07 Å². The Kier molecular flexibility index (Phi) is 4.14. The van der Waals surface area contributed by atoms with E-state index in [1.807, 2.05) is 6.07 Å². The molecule has 2 rings (SSSR count). The molecule has 1 aromatic carbocycles. The van der Waals surface area contributed by atoms with Gasteiger partial charge in [0.25, 0.3) is 0 Å². The summed E-state index contributed by atoms with van der Waals surface area (Å²) in [6.45, 7) is -1.34. The molecule has 1 unspecified atom stereocenters. The van der Waals surface area contributed by atoms with E-state index in [4.69, 9.17) is 4.74 Å². The van der Waals surface area contributed by atoms with Crippen LogP contribution in [-0.4, -0.2) is 25.9 Å². The second-order valence-electron chi connectivity index (χ2n) is 3.96. The fourth-order valence-corrected chi connectivity index (χ4v) is 1.85. The molecule has 5 heteroatoms. The Morgan fingerprint density at radius 3 is 3.00 bits per heavy atom. The third-order valence-corrected chi connectivity index (χ3v) is 2.59. The van der Waals surface area contributed by atoms with E-state index < -0.39 is 6.61 Å². The highest BCUT2D eigenvalue weighted by molar-refractivity contribution is 5.48. The summed E-state index contributed by atoms with van der Waals surface area (Å²) >= 11 is 0. The Bertz CT molecular complexity index is 354. The zero-order chi connectivity index (χ0) is 12.1. The van der Waals surface area contributed by atoms with Crippen molar-refractivity contribution in [2.24, 2.45) is 0 Å². The smallest absolute Gasteiger partial charge is 0.387 e. The molecule has 1 saturated heterocycles. The minimum Gasteiger partial charge on any atom is -0.435 e. The molecule has 1 fully saturated rings. The lowest BCUT2D eigenvalue weighted by Gasteiger charge is -2.24. The fraction of sp³-hybridized carbons (Fsp3) is 0.500. The lowest BCUT2D eigenvalue weighted by atomic mass is 10.1. The Labute approximate surface area is 98.7 Å². The summed E-state index contributed by atoms with van der Waals surface area (Å²) in [5.74, 6) is 0.168. The maximum atomic E-state index is 12.0. The number of alkyl halides is 2. The molecular formula is C12H15F2NO2. The summed E-state index contributed by atoms with van der Waals surface area (Å²) in [6.07, 6.45) is 2.05. The van der Waals surface area contributed by atoms with Crippen molar-refractivity contribution in [3.63, 3.8) is 0 Å². The Balaban J connectivity index is 1.95. The topological polar surface area (TPSA) is 30.5 Å². The minimum absolute atomic E-state index is 0.168. The molecule has 0 aliphatic carbocycles. The van der Waals surface area contributed by atoms with Crippen LogP contribution in [0.5, 0.6) is 5.75 Å². The normalized spacial score (nSPS) is 20.3. The van der Waals surface area contributed by atoms with Crippen LogP contribution in [-0.2, 0) is 4.74 Å². The van der Waals surface area contributed by atoms with Crippen LogP contribution in [0.2, 0.25) is 0 Å². The Hall–Kier alpha value is -1.36. The maximum Gasteiger partial charge on any atom is 0.387 e. The largest absolute Gasteiger partial charge is 0.435 e. The fourth-order valence-electron chi connectivity index (χ4n) is 1.85. The highest BCUT2D eigenvalue weighted by Gasteiger charge is 2.13. The minimum atomic E-state index is -2.79. The number of rotatable bonds is 4. The van der Waals surface area contributed by atoms with Crippen molar-refractivity contribution in [3.05, 3.63) is 24.3 Å². The molecule has 1 aliphatic rings. The number of nitrogens with one attached hydrogen (secondary N) is 1. The zero-order valence-corrected chi connectivity index (χ0v) is 9.36. The Morgan fingerprint density at radius 1 is 1.41 bits per heavy atom. The van der Waals surface area contributed by atoms with E-state index >= 15 is 0 Å². The quantitative estimate of drug-likeness (QED) is 0.882. The van der Waals surface area contributed by atoms with E-state index in [-0.39, 0.29) is 11.8 Å². The van der Waals surface area contributed by atoms with Crippen LogP contribution < -0.4 is 10.1 Å². The summed E-state index contributed by atoms with van der Waals surface area (Å²) in [6, 6.07) is 6.83. The summed E-state index contributed by atoms with van der Waals surface area (Å²) in [5, 5.41) is 3.24. The average Bonchev–Trinajstić information content (AvgIpc) is 2.30. The van der Waals surface area contributed by atoms with Crippen LogP contribution in [0.4, 0.5) is 14.5 Å². The van der Waals surface area contributed by atoms with Gasteiger partial charge in [0, 0.05) is 24.4 Å². The molecule has 0 saturated carbocycles. The van der Waals surface area contributed by atoms with Crippen LogP contribution in [0.1, 0.15) is 12.8 Å². The predicted octanol–water partition coefficient (Wildman–Crippen LogP) is 2.88. The first-order chi connectivity index (χ1) is 8.24. The van der Waals surface area contributed by atoms with Crippen LogP contribution >= 0.6 is 0 Å². The van der Waals surface area contributed by atoms with Gasteiger partial charge < -0.3 is 14.8 Å². The van der Waals surface area contributed by atoms with Crippen molar-refractivity contribution in [3.8, 4) is 5.75 Å². The van der Waals surface area contributed by atoms with Gasteiger partial charge in [-0.2, -0.15) is 8.78 Å². The monoisotopic (exact) mass is 243 g/mol. The lowest BCUT2D eigenvalue weighted by molar-refractivity contribution is -0.0498. The molecule has 0 radical (unpaired) electrons. The van der Waals surface area contributed by atoms with Gasteiger partial charge in [-0.05, 0) is 25.0 Å². The molecule has 17 heavy (non-hydrogen) atoms. The first kappa shape index (κ1) is 12.1. The second kappa shape index (κ2) is 5.82. The van der Waals surface area contributed by atoms with Crippen LogP contribution in [0, 0.1) is 0 Å². The number of ether oxygens (including phenoxy) is 2. The van der Waals surface area contributed by atoms with Crippen molar-refractivity contribution in [1.29, 1.82) is 0 Å². The van der Waals surface area contributed by atoms with Crippen molar-refractivity contribution >= 4 is 5.69 Å². The molecular weight excluding hydrogens is 228 g/mol. The lowest BCUT2D eigenvalue weighted by Crippen LogP contribution is -2.29. The summed E-state index contributed by atoms with van der Waals surface area (Å²) < 4.78 is 33.8. The van der Waals surface area contributed by atoms with Gasteiger partial charge >= 0.3 is 6.61 Å². The van der Waals surface area contributed by atoms with Gasteiger partial charge in [-0.1, -0.05) is 6.07 Å². The zero-order valence-electron chi connectivity index (χ0n) is 9.36. The summed E-state index contributed by atoms with van der Waals surface area (Å²) in [7, 11) is 0.